The molecule has 2 bridgehead atoms. The van der Waals surface area contributed by atoms with E-state index in [9.17, 15) is 24.6 Å². The molecule has 3 aliphatic carbocycles. The normalized spacial score (nSPS) is 31.2. The second-order valence-electron chi connectivity index (χ2n) is 12.0. The number of ketones is 1. The average Bonchev–Trinajstić information content (AvgIpc) is 3.70. The van der Waals surface area contributed by atoms with Crippen molar-refractivity contribution < 1.29 is 38.8 Å². The van der Waals surface area contributed by atoms with Gasteiger partial charge in [0.25, 0.3) is 0 Å². The number of carbonyl (C=O) groups is 3. The number of Topliss-reactive ketones (excluding diaryl/α,β-unsaturated/α-hetero) is 1. The summed E-state index contributed by atoms with van der Waals surface area (Å²) < 4.78 is 16.6. The maximum absolute atomic E-state index is 14.1. The first-order valence-corrected chi connectivity index (χ1v) is 14.4. The summed E-state index contributed by atoms with van der Waals surface area (Å²) in [5, 5.41) is 26.3. The molecule has 216 valence electrons. The summed E-state index contributed by atoms with van der Waals surface area (Å²) in [6, 6.07) is 7.77. The summed E-state index contributed by atoms with van der Waals surface area (Å²) in [6.45, 7) is 3.40. The van der Waals surface area contributed by atoms with Gasteiger partial charge in [0.1, 0.15) is 11.7 Å². The molecule has 3 fully saturated rings. The molecule has 5 atom stereocenters. The molecule has 7 rings (SSSR count). The van der Waals surface area contributed by atoms with Crippen LogP contribution < -0.4 is 14.8 Å². The van der Waals surface area contributed by atoms with E-state index in [0.717, 1.165) is 17.7 Å². The lowest BCUT2D eigenvalue weighted by Gasteiger charge is -2.63. The predicted molar refractivity (Wildman–Crippen MR) is 146 cm³/mol. The van der Waals surface area contributed by atoms with Crippen LogP contribution in [0.2, 0.25) is 0 Å². The van der Waals surface area contributed by atoms with Crippen LogP contribution >= 0.6 is 0 Å². The summed E-state index contributed by atoms with van der Waals surface area (Å²) in [6.07, 6.45) is 2.18. The molecular formula is C31H34N2O8. The molecule has 2 aromatic rings. The molecule has 3 N–H and O–H groups in total. The molecule has 1 saturated heterocycles. The molecule has 1 spiro atoms. The molecule has 2 saturated carbocycles. The first-order chi connectivity index (χ1) is 19.7. The Labute approximate surface area is 237 Å². The quantitative estimate of drug-likeness (QED) is 0.344. The van der Waals surface area contributed by atoms with Crippen LogP contribution in [-0.4, -0.2) is 77.3 Å². The molecule has 1 unspecified atom stereocenters. The number of hydrogen-bond acceptors (Lipinski definition) is 9. The van der Waals surface area contributed by atoms with Crippen LogP contribution in [0.5, 0.6) is 17.2 Å². The molecule has 41 heavy (non-hydrogen) atoms. The van der Waals surface area contributed by atoms with Gasteiger partial charge in [-0.15, -0.1) is 0 Å². The number of methoxy groups -OCH3 is 1. The number of carbonyl (C=O) groups excluding carboxylic acids is 3. The third-order valence-corrected chi connectivity index (χ3v) is 9.93. The van der Waals surface area contributed by atoms with Crippen molar-refractivity contribution in [3.05, 3.63) is 47.0 Å². The number of amides is 1. The van der Waals surface area contributed by atoms with Gasteiger partial charge < -0.3 is 29.7 Å². The Kier molecular flexibility index (Phi) is 5.89. The van der Waals surface area contributed by atoms with E-state index in [4.69, 9.17) is 14.2 Å². The van der Waals surface area contributed by atoms with E-state index in [2.05, 4.69) is 10.2 Å². The minimum atomic E-state index is -1.43. The number of benzene rings is 2. The van der Waals surface area contributed by atoms with Crippen molar-refractivity contribution in [2.24, 2.45) is 11.8 Å². The highest BCUT2D eigenvalue weighted by molar-refractivity contribution is 6.12. The van der Waals surface area contributed by atoms with Gasteiger partial charge in [-0.05, 0) is 81.3 Å². The second kappa shape index (κ2) is 9.19. The number of phenolic OH excluding ortho intramolecular Hbond substituents is 1. The Morgan fingerprint density at radius 3 is 2.76 bits per heavy atom. The van der Waals surface area contributed by atoms with Crippen LogP contribution in [0.1, 0.15) is 54.1 Å². The van der Waals surface area contributed by atoms with Crippen LogP contribution in [0, 0.1) is 11.8 Å². The van der Waals surface area contributed by atoms with Crippen molar-refractivity contribution in [2.45, 2.75) is 62.2 Å². The summed E-state index contributed by atoms with van der Waals surface area (Å²) >= 11 is 0. The smallest absolute Gasteiger partial charge is 0.340 e. The van der Waals surface area contributed by atoms with Gasteiger partial charge in [-0.3, -0.25) is 14.5 Å². The number of nitrogens with zero attached hydrogens (tertiary/aromatic N) is 1. The number of aromatic hydroxyl groups is 1. The summed E-state index contributed by atoms with van der Waals surface area (Å²) in [5.41, 5.74) is -0.492. The maximum Gasteiger partial charge on any atom is 0.340 e. The van der Waals surface area contributed by atoms with E-state index >= 15 is 0 Å². The number of esters is 1. The topological polar surface area (TPSA) is 135 Å². The third kappa shape index (κ3) is 3.66. The van der Waals surface area contributed by atoms with E-state index in [1.54, 1.807) is 19.1 Å². The molecule has 0 aromatic heterocycles. The fraction of sp³-hybridized carbons (Fsp3) is 0.516. The highest BCUT2D eigenvalue weighted by Crippen LogP contribution is 2.65. The largest absolute Gasteiger partial charge is 0.504 e. The fourth-order valence-corrected chi connectivity index (χ4v) is 7.88. The predicted octanol–water partition coefficient (Wildman–Crippen LogP) is 2.58. The molecule has 2 aromatic carbocycles. The van der Waals surface area contributed by atoms with Crippen molar-refractivity contribution in [3.63, 3.8) is 0 Å². The number of hydrogen-bond donors (Lipinski definition) is 3. The molecular weight excluding hydrogens is 528 g/mol. The molecule has 0 radical (unpaired) electrons. The van der Waals surface area contributed by atoms with Gasteiger partial charge in [0.2, 0.25) is 5.91 Å². The summed E-state index contributed by atoms with van der Waals surface area (Å²) in [7, 11) is 1.47. The monoisotopic (exact) mass is 562 g/mol. The minimum absolute atomic E-state index is 0.0696. The number of nitrogens with one attached hydrogen (secondary N) is 1. The average molecular weight is 563 g/mol. The Morgan fingerprint density at radius 2 is 2.02 bits per heavy atom. The van der Waals surface area contributed by atoms with Crippen molar-refractivity contribution in [1.82, 2.24) is 4.90 Å². The van der Waals surface area contributed by atoms with Crippen molar-refractivity contribution in [1.29, 1.82) is 0 Å². The molecule has 2 heterocycles. The Balaban J connectivity index is 1.27. The van der Waals surface area contributed by atoms with Gasteiger partial charge in [0.05, 0.1) is 36.0 Å². The first-order valence-electron chi connectivity index (χ1n) is 14.4. The molecule has 10 nitrogen and oxygen atoms in total. The van der Waals surface area contributed by atoms with Gasteiger partial charge in [0, 0.05) is 18.2 Å². The Bertz CT molecular complexity index is 1470. The standard InChI is InChI=1S/C31H34N2O8/c1-3-40-29(37)19-13-18(39-2)7-8-21(19)32-28(36)20-14-31(38)23-12-17-6-9-22(34)26-24(17)30(31,27(41-26)25(20)35)10-11-33(23)15-16-4-5-16/h6-9,13,16,20,23,27,34,38H,3-5,10-12,14-15H2,1-2H3,(H,32,36)/t20?,23-,27+,30+,31-/m1/s1. The highest BCUT2D eigenvalue weighted by atomic mass is 16.5. The lowest BCUT2D eigenvalue weighted by Crippen LogP contribution is -2.78. The zero-order chi connectivity index (χ0) is 28.7. The van der Waals surface area contributed by atoms with Crippen LogP contribution in [0.3, 0.4) is 0 Å². The van der Waals surface area contributed by atoms with E-state index in [1.807, 2.05) is 6.07 Å². The molecule has 1 amide bonds. The van der Waals surface area contributed by atoms with Gasteiger partial charge in [-0.25, -0.2) is 4.79 Å². The van der Waals surface area contributed by atoms with Gasteiger partial charge >= 0.3 is 5.97 Å². The van der Waals surface area contributed by atoms with Gasteiger partial charge in [0.15, 0.2) is 23.4 Å². The van der Waals surface area contributed by atoms with Crippen molar-refractivity contribution in [3.8, 4) is 17.2 Å². The zero-order valence-electron chi connectivity index (χ0n) is 23.1. The number of rotatable bonds is 7. The minimum Gasteiger partial charge on any atom is -0.504 e. The van der Waals surface area contributed by atoms with E-state index in [0.29, 0.717) is 31.1 Å². The lowest BCUT2D eigenvalue weighted by atomic mass is 9.47. The third-order valence-electron chi connectivity index (χ3n) is 9.93. The van der Waals surface area contributed by atoms with Crippen LogP contribution in [0.4, 0.5) is 5.69 Å². The Morgan fingerprint density at radius 1 is 1.22 bits per heavy atom. The number of likely N-dealkylation sites (tertiary alicyclic amines) is 1. The highest BCUT2D eigenvalue weighted by Gasteiger charge is 2.75. The number of aliphatic hydroxyl groups is 1. The second-order valence-corrected chi connectivity index (χ2v) is 12.0. The SMILES string of the molecule is CCOC(=O)c1cc(OC)ccc1NC(=O)C1C[C@@]2(O)[C@H]3Cc4ccc(O)c5c4[C@@]2(CCN3CC2CC2)[C@@H](O5)C1=O. The number of anilines is 1. The van der Waals surface area contributed by atoms with Crippen LogP contribution in [0.25, 0.3) is 0 Å². The number of phenols is 1. The maximum atomic E-state index is 14.1. The number of piperidine rings is 1. The lowest BCUT2D eigenvalue weighted by molar-refractivity contribution is -0.197. The molecule has 5 aliphatic rings. The van der Waals surface area contributed by atoms with Gasteiger partial charge in [-0.2, -0.15) is 0 Å². The van der Waals surface area contributed by atoms with E-state index in [-0.39, 0.29) is 41.8 Å². The summed E-state index contributed by atoms with van der Waals surface area (Å²) in [4.78, 5) is 43.0. The van der Waals surface area contributed by atoms with Gasteiger partial charge in [-0.1, -0.05) is 6.07 Å². The van der Waals surface area contributed by atoms with E-state index in [1.165, 1.54) is 32.1 Å². The van der Waals surface area contributed by atoms with Crippen LogP contribution in [-0.2, 0) is 26.2 Å². The molecule has 10 heteroatoms. The fourth-order valence-electron chi connectivity index (χ4n) is 7.88. The summed E-state index contributed by atoms with van der Waals surface area (Å²) in [5.74, 6) is -1.74. The molecule has 2 aliphatic heterocycles. The van der Waals surface area contributed by atoms with Crippen molar-refractivity contribution >= 4 is 23.3 Å². The van der Waals surface area contributed by atoms with E-state index < -0.39 is 40.7 Å². The number of ether oxygens (including phenoxy) is 3. The Hall–Kier alpha value is -3.63. The zero-order valence-corrected chi connectivity index (χ0v) is 23.1. The van der Waals surface area contributed by atoms with Crippen molar-refractivity contribution in [2.75, 3.05) is 32.1 Å². The first kappa shape index (κ1) is 26.3. The van der Waals surface area contributed by atoms with Crippen LogP contribution in [0.15, 0.2) is 30.3 Å².